The van der Waals surface area contributed by atoms with Crippen LogP contribution in [0.1, 0.15) is 44.3 Å². The van der Waals surface area contributed by atoms with Crippen LogP contribution in [0.2, 0.25) is 0 Å². The van der Waals surface area contributed by atoms with Crippen molar-refractivity contribution in [1.29, 1.82) is 0 Å². The first kappa shape index (κ1) is 11.1. The minimum Gasteiger partial charge on any atom is -0.355 e. The molecule has 1 heterocycles. The number of aromatic nitrogens is 2. The third kappa shape index (κ3) is 2.81. The van der Waals surface area contributed by atoms with Gasteiger partial charge in [-0.1, -0.05) is 19.0 Å². The van der Waals surface area contributed by atoms with E-state index in [0.29, 0.717) is 24.7 Å². The second kappa shape index (κ2) is 4.63. The predicted octanol–water partition coefficient (Wildman–Crippen LogP) is 1.26. The van der Waals surface area contributed by atoms with E-state index in [1.54, 1.807) is 0 Å². The molecule has 1 aromatic rings. The fourth-order valence-electron chi connectivity index (χ4n) is 1.37. The van der Waals surface area contributed by atoms with Crippen molar-refractivity contribution in [2.75, 3.05) is 6.54 Å². The standard InChI is InChI=1S/C11H17N3O2/c1-7(2)10(15)12-6-5-9-13-11(16-14-9)8-3-4-8/h7-8H,3-6H2,1-2H3,(H,12,15). The van der Waals surface area contributed by atoms with E-state index in [0.717, 1.165) is 18.7 Å². The number of amides is 1. The number of carbonyl (C=O) groups is 1. The van der Waals surface area contributed by atoms with E-state index in [-0.39, 0.29) is 11.8 Å². The lowest BCUT2D eigenvalue weighted by atomic mass is 10.2. The molecule has 0 saturated heterocycles. The van der Waals surface area contributed by atoms with Crippen LogP contribution in [0.4, 0.5) is 0 Å². The van der Waals surface area contributed by atoms with Crippen molar-refractivity contribution in [3.63, 3.8) is 0 Å². The number of nitrogens with one attached hydrogen (secondary N) is 1. The van der Waals surface area contributed by atoms with Crippen LogP contribution < -0.4 is 5.32 Å². The molecule has 0 atom stereocenters. The lowest BCUT2D eigenvalue weighted by molar-refractivity contribution is -0.123. The highest BCUT2D eigenvalue weighted by Gasteiger charge is 2.29. The van der Waals surface area contributed by atoms with E-state index < -0.39 is 0 Å². The third-order valence-corrected chi connectivity index (χ3v) is 2.58. The van der Waals surface area contributed by atoms with Gasteiger partial charge in [0, 0.05) is 24.8 Å². The molecular formula is C11H17N3O2. The number of hydrogen-bond donors (Lipinski definition) is 1. The van der Waals surface area contributed by atoms with Gasteiger partial charge in [-0.05, 0) is 12.8 Å². The summed E-state index contributed by atoms with van der Waals surface area (Å²) in [5.74, 6) is 2.01. The van der Waals surface area contributed by atoms with Crippen molar-refractivity contribution >= 4 is 5.91 Å². The Labute approximate surface area is 94.6 Å². The van der Waals surface area contributed by atoms with Gasteiger partial charge in [0.15, 0.2) is 5.82 Å². The number of nitrogens with zero attached hydrogens (tertiary/aromatic N) is 2. The highest BCUT2D eigenvalue weighted by Crippen LogP contribution is 2.38. The van der Waals surface area contributed by atoms with Gasteiger partial charge in [-0.15, -0.1) is 0 Å². The molecule has 0 aromatic carbocycles. The fraction of sp³-hybridized carbons (Fsp3) is 0.727. The monoisotopic (exact) mass is 223 g/mol. The van der Waals surface area contributed by atoms with Crippen LogP contribution in [0.3, 0.4) is 0 Å². The summed E-state index contributed by atoms with van der Waals surface area (Å²) in [6, 6.07) is 0. The average molecular weight is 223 g/mol. The Kier molecular flexibility index (Phi) is 3.22. The molecule has 1 aromatic heterocycles. The molecule has 0 bridgehead atoms. The summed E-state index contributed by atoms with van der Waals surface area (Å²) in [5, 5.41) is 6.71. The highest BCUT2D eigenvalue weighted by molar-refractivity contribution is 5.77. The molecule has 1 aliphatic carbocycles. The molecular weight excluding hydrogens is 206 g/mol. The molecule has 1 saturated carbocycles. The summed E-state index contributed by atoms with van der Waals surface area (Å²) in [7, 11) is 0. The molecule has 0 unspecified atom stereocenters. The van der Waals surface area contributed by atoms with Gasteiger partial charge in [0.2, 0.25) is 11.8 Å². The van der Waals surface area contributed by atoms with E-state index in [1.807, 2.05) is 13.8 Å². The van der Waals surface area contributed by atoms with Gasteiger partial charge >= 0.3 is 0 Å². The average Bonchev–Trinajstić information content (AvgIpc) is 2.99. The summed E-state index contributed by atoms with van der Waals surface area (Å²) in [6.07, 6.45) is 2.95. The lowest BCUT2D eigenvalue weighted by Crippen LogP contribution is -2.29. The van der Waals surface area contributed by atoms with Gasteiger partial charge in [-0.25, -0.2) is 0 Å². The van der Waals surface area contributed by atoms with Crippen molar-refractivity contribution in [1.82, 2.24) is 15.5 Å². The van der Waals surface area contributed by atoms with E-state index >= 15 is 0 Å². The molecule has 5 heteroatoms. The van der Waals surface area contributed by atoms with Crippen molar-refractivity contribution in [3.8, 4) is 0 Å². The molecule has 1 aliphatic rings. The van der Waals surface area contributed by atoms with Gasteiger partial charge in [-0.3, -0.25) is 4.79 Å². The van der Waals surface area contributed by atoms with Crippen molar-refractivity contribution in [2.24, 2.45) is 5.92 Å². The van der Waals surface area contributed by atoms with Crippen LogP contribution in [0.5, 0.6) is 0 Å². The van der Waals surface area contributed by atoms with Crippen molar-refractivity contribution in [3.05, 3.63) is 11.7 Å². The van der Waals surface area contributed by atoms with Gasteiger partial charge < -0.3 is 9.84 Å². The first-order chi connectivity index (χ1) is 7.66. The van der Waals surface area contributed by atoms with Crippen LogP contribution in [0.15, 0.2) is 4.52 Å². The molecule has 5 nitrogen and oxygen atoms in total. The Morgan fingerprint density at radius 3 is 2.94 bits per heavy atom. The predicted molar refractivity (Wildman–Crippen MR) is 57.8 cm³/mol. The van der Waals surface area contributed by atoms with Crippen LogP contribution in [-0.4, -0.2) is 22.6 Å². The molecule has 1 amide bonds. The SMILES string of the molecule is CC(C)C(=O)NCCc1noc(C2CC2)n1. The maximum atomic E-state index is 11.3. The molecule has 0 aliphatic heterocycles. The maximum absolute atomic E-state index is 11.3. The van der Waals surface area contributed by atoms with E-state index in [9.17, 15) is 4.79 Å². The van der Waals surface area contributed by atoms with E-state index in [1.165, 1.54) is 0 Å². The van der Waals surface area contributed by atoms with Gasteiger partial charge in [0.05, 0.1) is 0 Å². The van der Waals surface area contributed by atoms with Crippen molar-refractivity contribution < 1.29 is 9.32 Å². The molecule has 2 rings (SSSR count). The Hall–Kier alpha value is -1.39. The first-order valence-electron chi connectivity index (χ1n) is 5.77. The number of carbonyl (C=O) groups excluding carboxylic acids is 1. The topological polar surface area (TPSA) is 68.0 Å². The zero-order valence-corrected chi connectivity index (χ0v) is 9.69. The summed E-state index contributed by atoms with van der Waals surface area (Å²) in [5.41, 5.74) is 0. The number of rotatable bonds is 5. The molecule has 1 N–H and O–H groups in total. The quantitative estimate of drug-likeness (QED) is 0.816. The normalized spacial score (nSPS) is 15.4. The smallest absolute Gasteiger partial charge is 0.229 e. The van der Waals surface area contributed by atoms with Gasteiger partial charge in [-0.2, -0.15) is 4.98 Å². The van der Waals surface area contributed by atoms with E-state index in [2.05, 4.69) is 15.5 Å². The Morgan fingerprint density at radius 1 is 1.56 bits per heavy atom. The Morgan fingerprint density at radius 2 is 2.31 bits per heavy atom. The lowest BCUT2D eigenvalue weighted by Gasteiger charge is -2.05. The fourth-order valence-corrected chi connectivity index (χ4v) is 1.37. The summed E-state index contributed by atoms with van der Waals surface area (Å²) in [4.78, 5) is 15.6. The number of hydrogen-bond acceptors (Lipinski definition) is 4. The third-order valence-electron chi connectivity index (χ3n) is 2.58. The Bertz CT molecular complexity index is 369. The second-order valence-electron chi connectivity index (χ2n) is 4.52. The van der Waals surface area contributed by atoms with Crippen molar-refractivity contribution in [2.45, 2.75) is 39.0 Å². The minimum atomic E-state index is 0.0206. The summed E-state index contributed by atoms with van der Waals surface area (Å²) in [6.45, 7) is 4.31. The van der Waals surface area contributed by atoms with Crippen LogP contribution in [0.25, 0.3) is 0 Å². The minimum absolute atomic E-state index is 0.0206. The molecule has 1 fully saturated rings. The van der Waals surface area contributed by atoms with Crippen LogP contribution in [-0.2, 0) is 11.2 Å². The second-order valence-corrected chi connectivity index (χ2v) is 4.52. The Balaban J connectivity index is 1.74. The zero-order valence-electron chi connectivity index (χ0n) is 9.69. The zero-order chi connectivity index (χ0) is 11.5. The molecule has 0 spiro atoms. The summed E-state index contributed by atoms with van der Waals surface area (Å²) >= 11 is 0. The van der Waals surface area contributed by atoms with Crippen LogP contribution in [0, 0.1) is 5.92 Å². The summed E-state index contributed by atoms with van der Waals surface area (Å²) < 4.78 is 5.12. The maximum Gasteiger partial charge on any atom is 0.229 e. The molecule has 16 heavy (non-hydrogen) atoms. The first-order valence-corrected chi connectivity index (χ1v) is 5.77. The van der Waals surface area contributed by atoms with Gasteiger partial charge in [0.1, 0.15) is 0 Å². The van der Waals surface area contributed by atoms with Crippen LogP contribution >= 0.6 is 0 Å². The highest BCUT2D eigenvalue weighted by atomic mass is 16.5. The largest absolute Gasteiger partial charge is 0.355 e. The van der Waals surface area contributed by atoms with E-state index in [4.69, 9.17) is 4.52 Å². The molecule has 88 valence electrons. The van der Waals surface area contributed by atoms with Gasteiger partial charge in [0.25, 0.3) is 0 Å². The molecule has 0 radical (unpaired) electrons.